The van der Waals surface area contributed by atoms with Crippen LogP contribution in [0.1, 0.15) is 23.9 Å². The Morgan fingerprint density at radius 2 is 2.03 bits per heavy atom. The molecule has 0 saturated heterocycles. The number of aromatic amines is 1. The van der Waals surface area contributed by atoms with Crippen molar-refractivity contribution in [1.29, 1.82) is 0 Å². The molecule has 0 spiro atoms. The highest BCUT2D eigenvalue weighted by Crippen LogP contribution is 2.38. The van der Waals surface area contributed by atoms with Gasteiger partial charge >= 0.3 is 11.2 Å². The third kappa shape index (κ3) is 5.30. The van der Waals surface area contributed by atoms with Gasteiger partial charge in [-0.25, -0.2) is 4.39 Å². The number of H-pyrrole nitrogens is 1. The van der Waals surface area contributed by atoms with E-state index in [2.05, 4.69) is 25.9 Å². The zero-order chi connectivity index (χ0) is 23.3. The predicted octanol–water partition coefficient (Wildman–Crippen LogP) is 4.43. The minimum Gasteiger partial charge on any atom is -0.490 e. The molecule has 0 fully saturated rings. The molecular weight excluding hydrogens is 489 g/mol. The van der Waals surface area contributed by atoms with Gasteiger partial charge in [0.15, 0.2) is 11.5 Å². The SMILES string of the molecule is CCOc1cc(/C=C/c2nc(O)c([N+](=O)[O-])c(=O)[nH]2)cc(Br)c1OCc1ccccc1F. The highest BCUT2D eigenvalue weighted by molar-refractivity contribution is 9.10. The molecule has 2 N–H and O–H groups in total. The molecule has 0 amide bonds. The fraction of sp³-hybridized carbons (Fsp3) is 0.143. The van der Waals surface area contributed by atoms with Gasteiger partial charge in [-0.15, -0.1) is 0 Å². The van der Waals surface area contributed by atoms with E-state index in [1.807, 2.05) is 0 Å². The number of aromatic hydroxyl groups is 1. The Bertz CT molecular complexity index is 1240. The molecule has 0 aliphatic carbocycles. The van der Waals surface area contributed by atoms with Crippen LogP contribution in [0.4, 0.5) is 10.1 Å². The minimum atomic E-state index is -1.07. The standard InChI is InChI=1S/C21H17BrFN3O6/c1-2-31-16-10-12(7-8-17-24-20(27)18(26(29)30)21(28)25-17)9-14(22)19(16)32-11-13-5-3-4-6-15(13)23/h3-10H,2,11H2,1H3,(H2,24,25,27,28)/b8-7+. The molecule has 3 aromatic rings. The molecule has 166 valence electrons. The summed E-state index contributed by atoms with van der Waals surface area (Å²) in [6, 6.07) is 9.62. The average molecular weight is 506 g/mol. The molecule has 0 aliphatic heterocycles. The van der Waals surface area contributed by atoms with Crippen molar-refractivity contribution < 1.29 is 23.9 Å². The maximum atomic E-state index is 13.9. The monoisotopic (exact) mass is 505 g/mol. The molecule has 32 heavy (non-hydrogen) atoms. The molecular formula is C21H17BrFN3O6. The van der Waals surface area contributed by atoms with Crippen molar-refractivity contribution in [3.05, 3.63) is 84.1 Å². The lowest BCUT2D eigenvalue weighted by Crippen LogP contribution is -2.14. The second-order valence-corrected chi connectivity index (χ2v) is 7.21. The summed E-state index contributed by atoms with van der Waals surface area (Å²) in [6.45, 7) is 2.14. The summed E-state index contributed by atoms with van der Waals surface area (Å²) in [6.07, 6.45) is 2.92. The number of nitrogens with one attached hydrogen (secondary N) is 1. The first-order chi connectivity index (χ1) is 15.3. The van der Waals surface area contributed by atoms with Crippen LogP contribution in [0.3, 0.4) is 0 Å². The van der Waals surface area contributed by atoms with Crippen molar-refractivity contribution in [2.24, 2.45) is 0 Å². The number of hydrogen-bond acceptors (Lipinski definition) is 7. The van der Waals surface area contributed by atoms with Crippen molar-refractivity contribution >= 4 is 33.8 Å². The lowest BCUT2D eigenvalue weighted by molar-refractivity contribution is -0.387. The molecule has 0 atom stereocenters. The topological polar surface area (TPSA) is 128 Å². The number of nitro groups is 1. The third-order valence-electron chi connectivity index (χ3n) is 4.17. The van der Waals surface area contributed by atoms with E-state index >= 15 is 0 Å². The zero-order valence-electron chi connectivity index (χ0n) is 16.7. The van der Waals surface area contributed by atoms with Gasteiger partial charge in [-0.3, -0.25) is 14.9 Å². The van der Waals surface area contributed by atoms with Crippen LogP contribution in [0, 0.1) is 15.9 Å². The van der Waals surface area contributed by atoms with E-state index in [0.29, 0.717) is 33.7 Å². The molecule has 9 nitrogen and oxygen atoms in total. The number of nitrogens with zero attached hydrogens (tertiary/aromatic N) is 2. The number of ether oxygens (including phenoxy) is 2. The molecule has 11 heteroatoms. The maximum absolute atomic E-state index is 13.9. The van der Waals surface area contributed by atoms with Gasteiger partial charge in [0, 0.05) is 5.56 Å². The highest BCUT2D eigenvalue weighted by Gasteiger charge is 2.21. The van der Waals surface area contributed by atoms with Gasteiger partial charge in [0.05, 0.1) is 16.0 Å². The Hall–Kier alpha value is -3.73. The van der Waals surface area contributed by atoms with Crippen molar-refractivity contribution in [1.82, 2.24) is 9.97 Å². The van der Waals surface area contributed by atoms with Crippen LogP contribution in [-0.2, 0) is 6.61 Å². The van der Waals surface area contributed by atoms with E-state index in [-0.39, 0.29) is 18.2 Å². The number of aromatic nitrogens is 2. The third-order valence-corrected chi connectivity index (χ3v) is 4.76. The molecule has 2 aromatic carbocycles. The Kier molecular flexibility index (Phi) is 7.21. The molecule has 0 saturated carbocycles. The number of benzene rings is 2. The Morgan fingerprint density at radius 1 is 1.28 bits per heavy atom. The second kappa shape index (κ2) is 10.1. The van der Waals surface area contributed by atoms with E-state index in [9.17, 15) is 24.4 Å². The Morgan fingerprint density at radius 3 is 2.69 bits per heavy atom. The van der Waals surface area contributed by atoms with Crippen LogP contribution in [0.15, 0.2) is 45.7 Å². The molecule has 0 bridgehead atoms. The van der Waals surface area contributed by atoms with Crippen molar-refractivity contribution in [3.63, 3.8) is 0 Å². The normalized spacial score (nSPS) is 11.0. The smallest absolute Gasteiger partial charge is 0.395 e. The highest BCUT2D eigenvalue weighted by atomic mass is 79.9. The maximum Gasteiger partial charge on any atom is 0.395 e. The summed E-state index contributed by atoms with van der Waals surface area (Å²) in [5.74, 6) is -0.662. The number of halogens is 2. The van der Waals surface area contributed by atoms with Gasteiger partial charge in [-0.2, -0.15) is 4.98 Å². The van der Waals surface area contributed by atoms with E-state index < -0.39 is 22.0 Å². The molecule has 1 heterocycles. The first kappa shape index (κ1) is 22.9. The summed E-state index contributed by atoms with van der Waals surface area (Å²) in [7, 11) is 0. The molecule has 3 rings (SSSR count). The number of hydrogen-bond donors (Lipinski definition) is 2. The number of rotatable bonds is 8. The van der Waals surface area contributed by atoms with E-state index in [1.165, 1.54) is 12.1 Å². The van der Waals surface area contributed by atoms with E-state index in [4.69, 9.17) is 9.47 Å². The lowest BCUT2D eigenvalue weighted by atomic mass is 10.1. The summed E-state index contributed by atoms with van der Waals surface area (Å²) in [5.41, 5.74) is -1.10. The molecule has 0 unspecified atom stereocenters. The van der Waals surface area contributed by atoms with Gasteiger partial charge in [-0.1, -0.05) is 24.3 Å². The Balaban J connectivity index is 1.88. The fourth-order valence-corrected chi connectivity index (χ4v) is 3.32. The van der Waals surface area contributed by atoms with Gasteiger partial charge in [0.1, 0.15) is 18.2 Å². The first-order valence-electron chi connectivity index (χ1n) is 9.28. The van der Waals surface area contributed by atoms with Gasteiger partial charge in [0.2, 0.25) is 0 Å². The zero-order valence-corrected chi connectivity index (χ0v) is 18.3. The molecule has 1 aromatic heterocycles. The Labute approximate surface area is 189 Å². The van der Waals surface area contributed by atoms with Crippen molar-refractivity contribution in [2.45, 2.75) is 13.5 Å². The second-order valence-electron chi connectivity index (χ2n) is 6.36. The molecule has 0 aliphatic rings. The van der Waals surface area contributed by atoms with Crippen LogP contribution >= 0.6 is 15.9 Å². The summed E-state index contributed by atoms with van der Waals surface area (Å²) < 4.78 is 25.8. The van der Waals surface area contributed by atoms with Crippen LogP contribution < -0.4 is 15.0 Å². The van der Waals surface area contributed by atoms with Gasteiger partial charge in [-0.05, 0) is 52.7 Å². The lowest BCUT2D eigenvalue weighted by Gasteiger charge is -2.15. The summed E-state index contributed by atoms with van der Waals surface area (Å²) in [4.78, 5) is 27.4. The minimum absolute atomic E-state index is 0.00619. The van der Waals surface area contributed by atoms with Crippen LogP contribution in [0.2, 0.25) is 0 Å². The summed E-state index contributed by atoms with van der Waals surface area (Å²) >= 11 is 3.41. The largest absolute Gasteiger partial charge is 0.490 e. The van der Waals surface area contributed by atoms with E-state index in [0.717, 1.165) is 0 Å². The van der Waals surface area contributed by atoms with Crippen LogP contribution in [0.25, 0.3) is 12.2 Å². The first-order valence-corrected chi connectivity index (χ1v) is 10.1. The predicted molar refractivity (Wildman–Crippen MR) is 118 cm³/mol. The molecule has 0 radical (unpaired) electrons. The van der Waals surface area contributed by atoms with Crippen molar-refractivity contribution in [2.75, 3.05) is 6.61 Å². The summed E-state index contributed by atoms with van der Waals surface area (Å²) in [5, 5.41) is 20.4. The fourth-order valence-electron chi connectivity index (χ4n) is 2.74. The van der Waals surface area contributed by atoms with Gasteiger partial charge in [0.25, 0.3) is 5.88 Å². The van der Waals surface area contributed by atoms with Crippen LogP contribution in [-0.4, -0.2) is 26.6 Å². The van der Waals surface area contributed by atoms with Crippen molar-refractivity contribution in [3.8, 4) is 17.4 Å². The van der Waals surface area contributed by atoms with E-state index in [1.54, 1.807) is 43.3 Å². The quantitative estimate of drug-likeness (QED) is 0.342. The average Bonchev–Trinajstić information content (AvgIpc) is 2.72. The van der Waals surface area contributed by atoms with Crippen LogP contribution in [0.5, 0.6) is 17.4 Å². The van der Waals surface area contributed by atoms with Gasteiger partial charge < -0.3 is 19.6 Å².